The van der Waals surface area contributed by atoms with E-state index in [1.807, 2.05) is 29.1 Å². The fourth-order valence-corrected chi connectivity index (χ4v) is 1.83. The Hall–Kier alpha value is -0.640. The van der Waals surface area contributed by atoms with Gasteiger partial charge in [-0.15, -0.1) is 0 Å². The summed E-state index contributed by atoms with van der Waals surface area (Å²) in [5.74, 6) is 2.16. The number of halogens is 1. The van der Waals surface area contributed by atoms with Crippen LogP contribution in [0.1, 0.15) is 0 Å². The number of thioether (sulfide) groups is 1. The molecule has 0 aliphatic rings. The fraction of sp³-hybridized carbons (Fsp3) is 0.429. The van der Waals surface area contributed by atoms with Crippen molar-refractivity contribution in [3.05, 3.63) is 0 Å². The summed E-state index contributed by atoms with van der Waals surface area (Å²) in [6.45, 7) is 0.808. The maximum absolute atomic E-state index is 5.69. The molecule has 1 heterocycles. The van der Waals surface area contributed by atoms with Gasteiger partial charge in [-0.3, -0.25) is 0 Å². The van der Waals surface area contributed by atoms with E-state index in [9.17, 15) is 0 Å². The number of aromatic nitrogens is 2. The van der Waals surface area contributed by atoms with Crippen LogP contribution in [0.5, 0.6) is 0 Å². The van der Waals surface area contributed by atoms with Gasteiger partial charge in [0.25, 0.3) is 0 Å². The van der Waals surface area contributed by atoms with E-state index < -0.39 is 0 Å². The molecule has 1 rings (SSSR count). The summed E-state index contributed by atoms with van der Waals surface area (Å²) >= 11 is 3.73. The van der Waals surface area contributed by atoms with Crippen LogP contribution < -0.4 is 20.3 Å². The molecular formula is C7H13IN6S. The molecular weight excluding hydrogens is 327 g/mol. The number of nitrogens with zero attached hydrogens (tertiary/aromatic N) is 2. The Labute approximate surface area is 106 Å². The van der Waals surface area contributed by atoms with Crippen molar-refractivity contribution in [2.45, 2.75) is 0 Å². The first-order chi connectivity index (χ1) is 7.19. The first kappa shape index (κ1) is 12.4. The molecule has 6 nitrogen and oxygen atoms in total. The van der Waals surface area contributed by atoms with Crippen molar-refractivity contribution in [2.24, 2.45) is 0 Å². The van der Waals surface area contributed by atoms with Gasteiger partial charge in [-0.2, -0.15) is 21.7 Å². The van der Waals surface area contributed by atoms with Crippen LogP contribution in [0.25, 0.3) is 0 Å². The van der Waals surface area contributed by atoms with Crippen molar-refractivity contribution in [3.8, 4) is 0 Å². The van der Waals surface area contributed by atoms with Crippen LogP contribution in [0, 0.1) is 0 Å². The quantitative estimate of drug-likeness (QED) is 0.363. The number of nitrogens with two attached hydrogens (primary N) is 2. The largest absolute Gasteiger partial charge is 0.382 e. The van der Waals surface area contributed by atoms with Gasteiger partial charge in [-0.25, -0.2) is 0 Å². The van der Waals surface area contributed by atoms with Gasteiger partial charge in [0.1, 0.15) is 5.69 Å². The van der Waals surface area contributed by atoms with E-state index in [1.54, 1.807) is 11.8 Å². The van der Waals surface area contributed by atoms with E-state index in [-0.39, 0.29) is 5.95 Å². The SMILES string of the molecule is CSCCNc1nc(N)nc(N)c1NI. The minimum atomic E-state index is 0.176. The van der Waals surface area contributed by atoms with E-state index in [4.69, 9.17) is 11.5 Å². The highest BCUT2D eigenvalue weighted by molar-refractivity contribution is 14.1. The maximum atomic E-state index is 5.69. The Balaban J connectivity index is 2.84. The molecule has 84 valence electrons. The van der Waals surface area contributed by atoms with Gasteiger partial charge < -0.3 is 20.3 Å². The molecule has 0 bridgehead atoms. The Kier molecular flexibility index (Phi) is 5.02. The minimum absolute atomic E-state index is 0.176. The van der Waals surface area contributed by atoms with Crippen molar-refractivity contribution in [3.63, 3.8) is 0 Å². The molecule has 0 atom stereocenters. The second-order valence-electron chi connectivity index (χ2n) is 2.70. The predicted octanol–water partition coefficient (Wildman–Crippen LogP) is 1.18. The van der Waals surface area contributed by atoms with Crippen LogP contribution in [0.15, 0.2) is 0 Å². The molecule has 0 radical (unpaired) electrons. The molecule has 0 saturated carbocycles. The fourth-order valence-electron chi connectivity index (χ4n) is 0.989. The second-order valence-corrected chi connectivity index (χ2v) is 4.23. The summed E-state index contributed by atoms with van der Waals surface area (Å²) in [7, 11) is 0. The van der Waals surface area contributed by atoms with Crippen LogP contribution in [0.2, 0.25) is 0 Å². The van der Waals surface area contributed by atoms with Crippen molar-refractivity contribution >= 4 is 57.9 Å². The number of nitrogen functional groups attached to an aromatic ring is 2. The van der Waals surface area contributed by atoms with Crippen LogP contribution >= 0.6 is 34.6 Å². The molecule has 0 unspecified atom stereocenters. The van der Waals surface area contributed by atoms with Crippen LogP contribution in [0.3, 0.4) is 0 Å². The van der Waals surface area contributed by atoms with Crippen LogP contribution in [-0.2, 0) is 0 Å². The van der Waals surface area contributed by atoms with Crippen LogP contribution in [-0.4, -0.2) is 28.5 Å². The lowest BCUT2D eigenvalue weighted by atomic mass is 10.4. The van der Waals surface area contributed by atoms with Crippen molar-refractivity contribution < 1.29 is 0 Å². The third-order valence-corrected chi connectivity index (χ3v) is 2.80. The third-order valence-electron chi connectivity index (χ3n) is 1.65. The van der Waals surface area contributed by atoms with E-state index >= 15 is 0 Å². The normalized spacial score (nSPS) is 10.0. The predicted molar refractivity (Wildman–Crippen MR) is 75.4 cm³/mol. The van der Waals surface area contributed by atoms with Gasteiger partial charge in [0, 0.05) is 12.3 Å². The number of hydrogen-bond donors (Lipinski definition) is 4. The molecule has 0 fully saturated rings. The standard InChI is InChI=1S/C7H13IN6S/c1-15-3-2-11-6-4(14-8)5(9)12-7(10)13-6/h14H,2-3H2,1H3,(H5,9,10,11,12,13). The van der Waals surface area contributed by atoms with Gasteiger partial charge in [0.2, 0.25) is 5.95 Å². The molecule has 8 heteroatoms. The number of nitrogens with one attached hydrogen (secondary N) is 2. The third kappa shape index (κ3) is 3.45. The lowest BCUT2D eigenvalue weighted by molar-refractivity contribution is 1.14. The molecule has 0 aliphatic carbocycles. The topological polar surface area (TPSA) is 102 Å². The van der Waals surface area contributed by atoms with Gasteiger partial charge in [-0.05, 0) is 6.26 Å². The summed E-state index contributed by atoms with van der Waals surface area (Å²) < 4.78 is 2.91. The summed E-state index contributed by atoms with van der Waals surface area (Å²) in [6, 6.07) is 0. The van der Waals surface area contributed by atoms with E-state index in [2.05, 4.69) is 18.8 Å². The monoisotopic (exact) mass is 340 g/mol. The van der Waals surface area contributed by atoms with Gasteiger partial charge in [0.05, 0.1) is 22.9 Å². The van der Waals surface area contributed by atoms with Crippen LogP contribution in [0.4, 0.5) is 23.3 Å². The number of hydrogen-bond acceptors (Lipinski definition) is 7. The Morgan fingerprint density at radius 3 is 2.73 bits per heavy atom. The summed E-state index contributed by atoms with van der Waals surface area (Å²) in [6.07, 6.45) is 2.04. The second kappa shape index (κ2) is 6.05. The lowest BCUT2D eigenvalue weighted by Gasteiger charge is -2.11. The molecule has 1 aromatic rings. The maximum Gasteiger partial charge on any atom is 0.224 e. The van der Waals surface area contributed by atoms with Crippen molar-refractivity contribution in [1.29, 1.82) is 0 Å². The Bertz CT molecular complexity index is 334. The highest BCUT2D eigenvalue weighted by Gasteiger charge is 2.09. The van der Waals surface area contributed by atoms with Gasteiger partial charge in [0.15, 0.2) is 11.6 Å². The highest BCUT2D eigenvalue weighted by atomic mass is 127. The molecule has 0 aliphatic heterocycles. The van der Waals surface area contributed by atoms with E-state index in [0.29, 0.717) is 17.3 Å². The average molecular weight is 340 g/mol. The van der Waals surface area contributed by atoms with E-state index in [1.165, 1.54) is 0 Å². The first-order valence-electron chi connectivity index (χ1n) is 4.21. The highest BCUT2D eigenvalue weighted by Crippen LogP contribution is 2.26. The number of rotatable bonds is 5. The molecule has 0 amide bonds. The molecule has 15 heavy (non-hydrogen) atoms. The lowest BCUT2D eigenvalue weighted by Crippen LogP contribution is -2.11. The number of anilines is 4. The van der Waals surface area contributed by atoms with E-state index in [0.717, 1.165) is 12.3 Å². The zero-order valence-corrected chi connectivity index (χ0v) is 11.2. The smallest absolute Gasteiger partial charge is 0.224 e. The summed E-state index contributed by atoms with van der Waals surface area (Å²) in [4.78, 5) is 7.94. The zero-order valence-electron chi connectivity index (χ0n) is 8.25. The molecule has 0 aromatic carbocycles. The van der Waals surface area contributed by atoms with Gasteiger partial charge >= 0.3 is 0 Å². The molecule has 0 saturated heterocycles. The Morgan fingerprint density at radius 1 is 1.40 bits per heavy atom. The molecule has 0 spiro atoms. The summed E-state index contributed by atoms with van der Waals surface area (Å²) in [5, 5.41) is 3.15. The zero-order chi connectivity index (χ0) is 11.3. The summed E-state index contributed by atoms with van der Waals surface area (Å²) in [5.41, 5.74) is 11.9. The first-order valence-corrected chi connectivity index (χ1v) is 6.68. The molecule has 1 aromatic heterocycles. The van der Waals surface area contributed by atoms with Crippen molar-refractivity contribution in [2.75, 3.05) is 38.9 Å². The van der Waals surface area contributed by atoms with Crippen molar-refractivity contribution in [1.82, 2.24) is 9.97 Å². The minimum Gasteiger partial charge on any atom is -0.382 e. The van der Waals surface area contributed by atoms with Gasteiger partial charge in [-0.1, -0.05) is 0 Å². The molecule has 6 N–H and O–H groups in total. The Morgan fingerprint density at radius 2 is 2.13 bits per heavy atom. The average Bonchev–Trinajstić information content (AvgIpc) is 2.17.